The Morgan fingerprint density at radius 3 is 2.28 bits per heavy atom. The minimum atomic E-state index is -1.00. The van der Waals surface area contributed by atoms with E-state index in [-0.39, 0.29) is 29.9 Å². The second-order valence-electron chi connectivity index (χ2n) is 15.3. The molecule has 2 fully saturated rings. The van der Waals surface area contributed by atoms with E-state index in [1.54, 1.807) is 24.3 Å². The van der Waals surface area contributed by atoms with E-state index >= 15 is 0 Å². The van der Waals surface area contributed by atoms with Gasteiger partial charge in [-0.25, -0.2) is 4.98 Å². The Morgan fingerprint density at radius 2 is 1.52 bits per heavy atom. The van der Waals surface area contributed by atoms with Crippen LogP contribution in [0, 0.1) is 0 Å². The number of phenols is 1. The van der Waals surface area contributed by atoms with Crippen molar-refractivity contribution in [3.63, 3.8) is 0 Å². The molecule has 9 rings (SSSR count). The molecule has 3 atom stereocenters. The maximum atomic E-state index is 13.2. The summed E-state index contributed by atoms with van der Waals surface area (Å²) in [6.07, 6.45) is 3.97. The lowest BCUT2D eigenvalue weighted by molar-refractivity contribution is -0.136. The van der Waals surface area contributed by atoms with Crippen LogP contribution < -0.4 is 19.7 Å². The first-order valence-electron chi connectivity index (χ1n) is 19.9. The number of piperazine rings is 1. The zero-order valence-corrected chi connectivity index (χ0v) is 31.9. The maximum Gasteiger partial charge on any atom is 0.262 e. The van der Waals surface area contributed by atoms with E-state index < -0.39 is 29.7 Å². The van der Waals surface area contributed by atoms with Crippen molar-refractivity contribution in [1.29, 1.82) is 0 Å². The number of carbonyl (C=O) groups is 4. The van der Waals surface area contributed by atoms with Gasteiger partial charge in [0.2, 0.25) is 17.7 Å². The van der Waals surface area contributed by atoms with Gasteiger partial charge in [0.25, 0.3) is 11.8 Å². The number of nitrogens with zero attached hydrogens (tertiary/aromatic N) is 4. The highest BCUT2D eigenvalue weighted by molar-refractivity contribution is 6.23. The summed E-state index contributed by atoms with van der Waals surface area (Å²) in [5, 5.41) is 12.4. The second kappa shape index (κ2) is 15.8. The van der Waals surface area contributed by atoms with Crippen molar-refractivity contribution in [3.05, 3.63) is 143 Å². The first kappa shape index (κ1) is 37.1. The van der Waals surface area contributed by atoms with Crippen molar-refractivity contribution in [2.24, 2.45) is 0 Å². The van der Waals surface area contributed by atoms with Gasteiger partial charge in [0.05, 0.1) is 23.0 Å². The molecule has 0 radical (unpaired) electrons. The third-order valence-corrected chi connectivity index (χ3v) is 11.8. The van der Waals surface area contributed by atoms with Crippen LogP contribution in [0.2, 0.25) is 0 Å². The fraction of sp³-hybridized carbons (Fsp3) is 0.283. The first-order valence-corrected chi connectivity index (χ1v) is 19.9. The fourth-order valence-corrected chi connectivity index (χ4v) is 8.82. The van der Waals surface area contributed by atoms with Crippen LogP contribution in [0.4, 0.5) is 5.69 Å². The van der Waals surface area contributed by atoms with E-state index in [2.05, 4.69) is 68.6 Å². The largest absolute Gasteiger partial charge is 0.508 e. The summed E-state index contributed by atoms with van der Waals surface area (Å²) >= 11 is 0. The molecule has 2 saturated heterocycles. The lowest BCUT2D eigenvalue weighted by Crippen LogP contribution is -2.54. The number of aromatic nitrogens is 1. The van der Waals surface area contributed by atoms with Crippen LogP contribution in [0.15, 0.2) is 109 Å². The number of carbonyl (C=O) groups excluding carboxylic acids is 4. The number of piperidine rings is 1. The lowest BCUT2D eigenvalue weighted by atomic mass is 9.69. The number of nitrogens with one attached hydrogen (secondary N) is 1. The molecule has 12 nitrogen and oxygen atoms in total. The number of hydrogen-bond acceptors (Lipinski definition) is 10. The highest BCUT2D eigenvalue weighted by atomic mass is 16.5. The number of aryl methyl sites for hydroxylation is 1. The average Bonchev–Trinajstić information content (AvgIpc) is 3.49. The summed E-state index contributed by atoms with van der Waals surface area (Å²) in [7, 11) is 0. The van der Waals surface area contributed by atoms with Crippen molar-refractivity contribution in [1.82, 2.24) is 20.1 Å². The van der Waals surface area contributed by atoms with Crippen LogP contribution in [0.1, 0.15) is 74.1 Å². The van der Waals surface area contributed by atoms with Gasteiger partial charge in [-0.3, -0.25) is 34.3 Å². The van der Waals surface area contributed by atoms with Crippen molar-refractivity contribution < 1.29 is 33.8 Å². The SMILES string of the molecule is O=C1CCC(N2C(=O)c3ccc(OCCN4CCN(c5ccc(Oc6ccc([C@@H]7c8ccc(O)cc8CC[C@@H]7c7ccccc7)cc6)nc5)CC4)cc3C2=O)C(=O)N1. The van der Waals surface area contributed by atoms with Crippen LogP contribution in [0.5, 0.6) is 23.1 Å². The zero-order chi connectivity index (χ0) is 39.8. The van der Waals surface area contributed by atoms with Crippen molar-refractivity contribution in [2.45, 2.75) is 43.6 Å². The summed E-state index contributed by atoms with van der Waals surface area (Å²) in [5.74, 6) is 0.377. The third kappa shape index (κ3) is 7.38. The molecular weight excluding hydrogens is 735 g/mol. The Hall–Kier alpha value is -6.53. The molecule has 1 unspecified atom stereocenters. The molecule has 1 aliphatic carbocycles. The molecule has 3 aliphatic heterocycles. The van der Waals surface area contributed by atoms with Crippen molar-refractivity contribution in [2.75, 3.05) is 44.2 Å². The molecule has 0 bridgehead atoms. The predicted molar refractivity (Wildman–Crippen MR) is 215 cm³/mol. The molecule has 0 saturated carbocycles. The first-order chi connectivity index (χ1) is 28.3. The van der Waals surface area contributed by atoms with Gasteiger partial charge in [-0.05, 0) is 96.0 Å². The van der Waals surface area contributed by atoms with Gasteiger partial charge >= 0.3 is 0 Å². The molecule has 4 aromatic carbocycles. The Kier molecular flexibility index (Phi) is 10.1. The summed E-state index contributed by atoms with van der Waals surface area (Å²) in [6, 6.07) is 32.5. The van der Waals surface area contributed by atoms with Crippen LogP contribution >= 0.6 is 0 Å². The number of amides is 4. The van der Waals surface area contributed by atoms with E-state index in [1.165, 1.54) is 22.3 Å². The number of benzene rings is 4. The summed E-state index contributed by atoms with van der Waals surface area (Å²) in [6.45, 7) is 4.41. The Balaban J connectivity index is 0.764. The molecular formula is C46H43N5O7. The average molecular weight is 778 g/mol. The molecule has 2 N–H and O–H groups in total. The number of hydrogen-bond donors (Lipinski definition) is 2. The van der Waals surface area contributed by atoms with E-state index in [1.807, 2.05) is 36.5 Å². The Morgan fingerprint density at radius 1 is 0.741 bits per heavy atom. The van der Waals surface area contributed by atoms with E-state index in [4.69, 9.17) is 9.47 Å². The van der Waals surface area contributed by atoms with Gasteiger partial charge < -0.3 is 19.5 Å². The minimum Gasteiger partial charge on any atom is -0.508 e. The lowest BCUT2D eigenvalue weighted by Gasteiger charge is -2.35. The van der Waals surface area contributed by atoms with Crippen LogP contribution in [-0.2, 0) is 16.0 Å². The summed E-state index contributed by atoms with van der Waals surface area (Å²) in [5.41, 5.74) is 6.44. The van der Waals surface area contributed by atoms with E-state index in [0.29, 0.717) is 42.2 Å². The Labute approximate surface area is 336 Å². The minimum absolute atomic E-state index is 0.0729. The zero-order valence-electron chi connectivity index (χ0n) is 31.9. The molecule has 0 spiro atoms. The smallest absolute Gasteiger partial charge is 0.262 e. The van der Waals surface area contributed by atoms with Gasteiger partial charge in [0, 0.05) is 51.1 Å². The van der Waals surface area contributed by atoms with Crippen LogP contribution in [0.25, 0.3) is 0 Å². The van der Waals surface area contributed by atoms with Gasteiger partial charge in [-0.15, -0.1) is 0 Å². The highest BCUT2D eigenvalue weighted by Crippen LogP contribution is 2.47. The van der Waals surface area contributed by atoms with Gasteiger partial charge in [0.15, 0.2) is 0 Å². The number of rotatable bonds is 10. The number of pyridine rings is 1. The fourth-order valence-electron chi connectivity index (χ4n) is 8.82. The molecule has 4 aliphatic rings. The third-order valence-electron chi connectivity index (χ3n) is 11.8. The van der Waals surface area contributed by atoms with Crippen LogP contribution in [-0.4, -0.2) is 88.9 Å². The standard InChI is InChI=1S/C46H43N5O7/c52-33-10-15-37-31(26-33)8-14-36(29-4-2-1-3-5-29)43(37)30-6-11-34(12-7-30)58-42-19-9-32(28-47-42)50-22-20-49(21-23-50)24-25-57-35-13-16-38-39(27-35)46(56)51(45(38)55)40-17-18-41(53)48-44(40)54/h1-7,9-13,15-16,19,26-28,36,40,43,52H,8,14,17-18,20-25H2,(H,48,53,54)/t36-,40?,43+/m1/s1. The van der Waals surface area contributed by atoms with Crippen LogP contribution in [0.3, 0.4) is 0 Å². The topological polar surface area (TPSA) is 142 Å². The number of phenolic OH excluding ortho intramolecular Hbond substituents is 1. The molecule has 1 aromatic heterocycles. The van der Waals surface area contributed by atoms with Crippen molar-refractivity contribution in [3.8, 4) is 23.1 Å². The van der Waals surface area contributed by atoms with Gasteiger partial charge in [-0.2, -0.15) is 0 Å². The van der Waals surface area contributed by atoms with Gasteiger partial charge in [-0.1, -0.05) is 48.5 Å². The Bertz CT molecular complexity index is 2360. The number of ether oxygens (including phenoxy) is 2. The normalized spacial score (nSPS) is 20.7. The van der Waals surface area contributed by atoms with E-state index in [9.17, 15) is 24.3 Å². The monoisotopic (exact) mass is 777 g/mol. The van der Waals surface area contributed by atoms with Gasteiger partial charge in [0.1, 0.15) is 29.9 Å². The molecule has 58 heavy (non-hydrogen) atoms. The molecule has 5 aromatic rings. The van der Waals surface area contributed by atoms with Crippen molar-refractivity contribution >= 4 is 29.3 Å². The quantitative estimate of drug-likeness (QED) is 0.161. The number of anilines is 1. The summed E-state index contributed by atoms with van der Waals surface area (Å²) in [4.78, 5) is 60.3. The number of fused-ring (bicyclic) bond motifs is 2. The molecule has 4 amide bonds. The number of imide groups is 2. The molecule has 294 valence electrons. The maximum absolute atomic E-state index is 13.2. The highest BCUT2D eigenvalue weighted by Gasteiger charge is 2.44. The molecule has 4 heterocycles. The second-order valence-corrected chi connectivity index (χ2v) is 15.3. The van der Waals surface area contributed by atoms with E-state index in [0.717, 1.165) is 49.6 Å². The summed E-state index contributed by atoms with van der Waals surface area (Å²) < 4.78 is 12.2. The predicted octanol–water partition coefficient (Wildman–Crippen LogP) is 6.04. The number of aromatic hydroxyl groups is 1. The molecule has 12 heteroatoms.